The Morgan fingerprint density at radius 2 is 2.00 bits per heavy atom. The lowest BCUT2D eigenvalue weighted by Gasteiger charge is -2.07. The molecule has 2 aromatic rings. The monoisotopic (exact) mass is 291 g/mol. The highest BCUT2D eigenvalue weighted by Crippen LogP contribution is 2.48. The van der Waals surface area contributed by atoms with Crippen molar-refractivity contribution in [1.82, 2.24) is 9.55 Å². The van der Waals surface area contributed by atoms with E-state index in [1.165, 1.54) is 31.7 Å². The van der Waals surface area contributed by atoms with E-state index in [4.69, 9.17) is 22.3 Å². The van der Waals surface area contributed by atoms with E-state index in [0.29, 0.717) is 17.8 Å². The minimum absolute atomic E-state index is 0.107. The van der Waals surface area contributed by atoms with Crippen molar-refractivity contribution in [3.05, 3.63) is 34.9 Å². The molecular weight excluding hydrogens is 277 g/mol. The fourth-order valence-corrected chi connectivity index (χ4v) is 2.85. The SMILES string of the molecule is Nc1c(-c2ccc(F)c(Cl)c2)nc(C2CC2)n1C1CC1. The van der Waals surface area contributed by atoms with Crippen molar-refractivity contribution in [3.63, 3.8) is 0 Å². The number of anilines is 1. The van der Waals surface area contributed by atoms with Crippen LogP contribution in [-0.2, 0) is 0 Å². The van der Waals surface area contributed by atoms with Crippen LogP contribution >= 0.6 is 11.6 Å². The van der Waals surface area contributed by atoms with Gasteiger partial charge in [-0.2, -0.15) is 0 Å². The minimum Gasteiger partial charge on any atom is -0.383 e. The minimum atomic E-state index is -0.418. The second-order valence-electron chi connectivity index (χ2n) is 5.71. The molecule has 0 amide bonds. The molecule has 2 aliphatic rings. The average Bonchev–Trinajstić information content (AvgIpc) is 3.32. The van der Waals surface area contributed by atoms with Gasteiger partial charge < -0.3 is 10.3 Å². The number of benzene rings is 1. The maximum Gasteiger partial charge on any atom is 0.141 e. The van der Waals surface area contributed by atoms with E-state index in [-0.39, 0.29) is 5.02 Å². The lowest BCUT2D eigenvalue weighted by Crippen LogP contribution is -2.04. The van der Waals surface area contributed by atoms with E-state index in [1.807, 2.05) is 0 Å². The molecule has 3 nitrogen and oxygen atoms in total. The van der Waals surface area contributed by atoms with Gasteiger partial charge >= 0.3 is 0 Å². The Kier molecular flexibility index (Phi) is 2.58. The normalized spacial score (nSPS) is 18.5. The van der Waals surface area contributed by atoms with Crippen LogP contribution in [0.15, 0.2) is 18.2 Å². The molecule has 0 bridgehead atoms. The van der Waals surface area contributed by atoms with Crippen molar-refractivity contribution < 1.29 is 4.39 Å². The molecule has 0 unspecified atom stereocenters. The van der Waals surface area contributed by atoms with Crippen LogP contribution in [0.25, 0.3) is 11.3 Å². The second-order valence-corrected chi connectivity index (χ2v) is 6.12. The van der Waals surface area contributed by atoms with Gasteiger partial charge in [0.05, 0.1) is 5.02 Å². The Labute approximate surface area is 121 Å². The van der Waals surface area contributed by atoms with Gasteiger partial charge in [-0.1, -0.05) is 11.6 Å². The van der Waals surface area contributed by atoms with E-state index < -0.39 is 5.82 Å². The average molecular weight is 292 g/mol. The van der Waals surface area contributed by atoms with Gasteiger partial charge in [0.15, 0.2) is 0 Å². The number of nitrogens with two attached hydrogens (primary N) is 1. The lowest BCUT2D eigenvalue weighted by molar-refractivity contribution is 0.628. The summed E-state index contributed by atoms with van der Waals surface area (Å²) in [6.45, 7) is 0. The zero-order valence-electron chi connectivity index (χ0n) is 10.9. The fourth-order valence-electron chi connectivity index (χ4n) is 2.67. The molecule has 0 spiro atoms. The third kappa shape index (κ3) is 1.90. The van der Waals surface area contributed by atoms with Gasteiger partial charge in [0.25, 0.3) is 0 Å². The molecule has 4 rings (SSSR count). The summed E-state index contributed by atoms with van der Waals surface area (Å²) in [5.41, 5.74) is 7.82. The van der Waals surface area contributed by atoms with Crippen LogP contribution in [0, 0.1) is 5.82 Å². The summed E-state index contributed by atoms with van der Waals surface area (Å²) in [5, 5.41) is 0.107. The molecule has 2 N–H and O–H groups in total. The van der Waals surface area contributed by atoms with E-state index in [0.717, 1.165) is 17.1 Å². The molecule has 1 aromatic carbocycles. The number of halogens is 2. The third-order valence-corrected chi connectivity index (χ3v) is 4.31. The van der Waals surface area contributed by atoms with Crippen LogP contribution in [-0.4, -0.2) is 9.55 Å². The molecular formula is C15H15ClFN3. The Morgan fingerprint density at radius 1 is 1.25 bits per heavy atom. The molecule has 104 valence electrons. The van der Waals surface area contributed by atoms with Gasteiger partial charge in [0, 0.05) is 17.5 Å². The van der Waals surface area contributed by atoms with Crippen LogP contribution in [0.2, 0.25) is 5.02 Å². The Balaban J connectivity index is 1.84. The first kappa shape index (κ1) is 12.2. The van der Waals surface area contributed by atoms with Gasteiger partial charge in [-0.05, 0) is 43.9 Å². The molecule has 2 fully saturated rings. The molecule has 1 heterocycles. The lowest BCUT2D eigenvalue weighted by atomic mass is 10.1. The zero-order chi connectivity index (χ0) is 13.9. The summed E-state index contributed by atoms with van der Waals surface area (Å²) >= 11 is 5.86. The topological polar surface area (TPSA) is 43.8 Å². The number of hydrogen-bond donors (Lipinski definition) is 1. The number of aromatic nitrogens is 2. The van der Waals surface area contributed by atoms with E-state index in [1.54, 1.807) is 12.1 Å². The molecule has 0 aliphatic heterocycles. The van der Waals surface area contributed by atoms with Gasteiger partial charge in [0.1, 0.15) is 23.2 Å². The Hall–Kier alpha value is -1.55. The Bertz CT molecular complexity index is 687. The van der Waals surface area contributed by atoms with Gasteiger partial charge in [0.2, 0.25) is 0 Å². The molecule has 5 heteroatoms. The summed E-state index contributed by atoms with van der Waals surface area (Å²) in [6, 6.07) is 5.16. The quantitative estimate of drug-likeness (QED) is 0.924. The first-order chi connectivity index (χ1) is 9.65. The summed E-state index contributed by atoms with van der Waals surface area (Å²) < 4.78 is 15.5. The fraction of sp³-hybridized carbons (Fsp3) is 0.400. The summed E-state index contributed by atoms with van der Waals surface area (Å²) in [4.78, 5) is 4.73. The van der Waals surface area contributed by atoms with Crippen LogP contribution < -0.4 is 5.73 Å². The van der Waals surface area contributed by atoms with Crippen LogP contribution in [0.3, 0.4) is 0 Å². The van der Waals surface area contributed by atoms with Crippen molar-refractivity contribution in [3.8, 4) is 11.3 Å². The summed E-state index contributed by atoms with van der Waals surface area (Å²) in [5.74, 6) is 1.91. The smallest absolute Gasteiger partial charge is 0.141 e. The van der Waals surface area contributed by atoms with Crippen molar-refractivity contribution in [2.24, 2.45) is 0 Å². The van der Waals surface area contributed by atoms with Crippen molar-refractivity contribution in [2.75, 3.05) is 5.73 Å². The van der Waals surface area contributed by atoms with Crippen molar-refractivity contribution >= 4 is 17.4 Å². The number of rotatable bonds is 3. The first-order valence-electron chi connectivity index (χ1n) is 6.98. The molecule has 2 saturated carbocycles. The van der Waals surface area contributed by atoms with E-state index in [2.05, 4.69) is 4.57 Å². The predicted octanol–water partition coefficient (Wildman–Crippen LogP) is 4.14. The first-order valence-corrected chi connectivity index (χ1v) is 7.36. The Morgan fingerprint density at radius 3 is 2.60 bits per heavy atom. The maximum absolute atomic E-state index is 13.3. The second kappa shape index (κ2) is 4.22. The van der Waals surface area contributed by atoms with Gasteiger partial charge in [-0.25, -0.2) is 9.37 Å². The number of nitrogens with zero attached hydrogens (tertiary/aromatic N) is 2. The number of imidazole rings is 1. The molecule has 2 aliphatic carbocycles. The molecule has 0 atom stereocenters. The number of nitrogen functional groups attached to an aromatic ring is 1. The highest BCUT2D eigenvalue weighted by molar-refractivity contribution is 6.31. The van der Waals surface area contributed by atoms with E-state index in [9.17, 15) is 4.39 Å². The molecule has 1 aromatic heterocycles. The van der Waals surface area contributed by atoms with Gasteiger partial charge in [-0.3, -0.25) is 0 Å². The molecule has 0 saturated heterocycles. The van der Waals surface area contributed by atoms with Gasteiger partial charge in [-0.15, -0.1) is 0 Å². The highest BCUT2D eigenvalue weighted by Gasteiger charge is 2.36. The zero-order valence-corrected chi connectivity index (χ0v) is 11.7. The predicted molar refractivity (Wildman–Crippen MR) is 77.3 cm³/mol. The third-order valence-electron chi connectivity index (χ3n) is 4.02. The van der Waals surface area contributed by atoms with Crippen LogP contribution in [0.5, 0.6) is 0 Å². The summed E-state index contributed by atoms with van der Waals surface area (Å²) in [7, 11) is 0. The van der Waals surface area contributed by atoms with Crippen molar-refractivity contribution in [1.29, 1.82) is 0 Å². The van der Waals surface area contributed by atoms with Crippen molar-refractivity contribution in [2.45, 2.75) is 37.6 Å². The maximum atomic E-state index is 13.3. The summed E-state index contributed by atoms with van der Waals surface area (Å²) in [6.07, 6.45) is 4.72. The van der Waals surface area contributed by atoms with Crippen LogP contribution in [0.1, 0.15) is 43.5 Å². The highest BCUT2D eigenvalue weighted by atomic mass is 35.5. The molecule has 0 radical (unpaired) electrons. The standard InChI is InChI=1S/C15H15ClFN3/c16-11-7-9(3-6-12(11)17)13-14(18)20(10-4-5-10)15(19-13)8-1-2-8/h3,6-8,10H,1-2,4-5,18H2. The van der Waals surface area contributed by atoms with E-state index >= 15 is 0 Å². The molecule has 20 heavy (non-hydrogen) atoms. The largest absolute Gasteiger partial charge is 0.383 e. The van der Waals surface area contributed by atoms with Crippen LogP contribution in [0.4, 0.5) is 10.2 Å². The number of hydrogen-bond acceptors (Lipinski definition) is 2.